The number of ether oxygens (including phenoxy) is 1. The van der Waals surface area contributed by atoms with Crippen LogP contribution in [0.5, 0.6) is 5.75 Å². The number of non-ortho nitro benzene ring substituents is 1. The van der Waals surface area contributed by atoms with Crippen molar-refractivity contribution in [2.75, 3.05) is 17.2 Å². The quantitative estimate of drug-likeness (QED) is 0.326. The Labute approximate surface area is 170 Å². The minimum Gasteiger partial charge on any atom is -0.463 e. The molecule has 5 nitrogen and oxygen atoms in total. The molecular formula is C22H24N2O3S. The molecule has 6 heteroatoms. The molecule has 2 aliphatic heterocycles. The second-order valence-electron chi connectivity index (χ2n) is 7.84. The van der Waals surface area contributed by atoms with Crippen molar-refractivity contribution < 1.29 is 9.66 Å². The fourth-order valence-electron chi connectivity index (χ4n) is 4.37. The molecular weight excluding hydrogens is 372 g/mol. The third-order valence-corrected chi connectivity index (χ3v) is 6.23. The van der Waals surface area contributed by atoms with Crippen LogP contribution in [0.3, 0.4) is 0 Å². The van der Waals surface area contributed by atoms with Crippen LogP contribution >= 0.6 is 12.6 Å². The predicted molar refractivity (Wildman–Crippen MR) is 115 cm³/mol. The van der Waals surface area contributed by atoms with Crippen LogP contribution in [0.15, 0.2) is 48.5 Å². The summed E-state index contributed by atoms with van der Waals surface area (Å²) in [5, 5.41) is 11.1. The Morgan fingerprint density at radius 3 is 2.71 bits per heavy atom. The number of hydrogen-bond acceptors (Lipinski definition) is 5. The van der Waals surface area contributed by atoms with Crippen LogP contribution in [0.25, 0.3) is 6.08 Å². The molecule has 28 heavy (non-hydrogen) atoms. The minimum absolute atomic E-state index is 0.0718. The maximum absolute atomic E-state index is 11.1. The fourth-order valence-corrected chi connectivity index (χ4v) is 4.60. The summed E-state index contributed by atoms with van der Waals surface area (Å²) in [5.41, 5.74) is 2.28. The second-order valence-corrected chi connectivity index (χ2v) is 8.28. The number of hydrogen-bond donors (Lipinski definition) is 1. The number of nitrogens with zero attached hydrogens (tertiary/aromatic N) is 2. The van der Waals surface area contributed by atoms with E-state index >= 15 is 0 Å². The molecule has 1 atom stereocenters. The topological polar surface area (TPSA) is 55.6 Å². The zero-order valence-electron chi connectivity index (χ0n) is 16.1. The Balaban J connectivity index is 1.80. The van der Waals surface area contributed by atoms with E-state index in [2.05, 4.69) is 61.7 Å². The molecule has 0 radical (unpaired) electrons. The summed E-state index contributed by atoms with van der Waals surface area (Å²) in [5.74, 6) is 1.53. The van der Waals surface area contributed by atoms with Gasteiger partial charge >= 0.3 is 0 Å². The number of thiol groups is 1. The second kappa shape index (κ2) is 6.85. The van der Waals surface area contributed by atoms with E-state index in [1.54, 1.807) is 12.1 Å². The Bertz CT molecular complexity index is 957. The van der Waals surface area contributed by atoms with Gasteiger partial charge in [0.1, 0.15) is 5.75 Å². The molecule has 0 unspecified atom stereocenters. The number of benzene rings is 2. The molecule has 0 amide bonds. The van der Waals surface area contributed by atoms with Gasteiger partial charge in [0.2, 0.25) is 5.72 Å². The average Bonchev–Trinajstić information content (AvgIpc) is 2.86. The van der Waals surface area contributed by atoms with Crippen LogP contribution in [0.1, 0.15) is 37.8 Å². The van der Waals surface area contributed by atoms with E-state index in [4.69, 9.17) is 4.74 Å². The van der Waals surface area contributed by atoms with Crippen molar-refractivity contribution in [1.82, 2.24) is 0 Å². The van der Waals surface area contributed by atoms with E-state index in [1.807, 2.05) is 6.08 Å². The number of anilines is 1. The minimum atomic E-state index is -0.670. The van der Waals surface area contributed by atoms with Gasteiger partial charge in [-0.1, -0.05) is 18.2 Å². The van der Waals surface area contributed by atoms with Gasteiger partial charge in [-0.25, -0.2) is 0 Å². The third kappa shape index (κ3) is 2.70. The van der Waals surface area contributed by atoms with Crippen LogP contribution in [-0.2, 0) is 5.41 Å². The number of rotatable bonds is 5. The number of para-hydroxylation sites is 1. The lowest BCUT2D eigenvalue weighted by molar-refractivity contribution is -0.384. The van der Waals surface area contributed by atoms with Gasteiger partial charge in [0.15, 0.2) is 0 Å². The van der Waals surface area contributed by atoms with Gasteiger partial charge in [0.25, 0.3) is 5.69 Å². The predicted octanol–water partition coefficient (Wildman–Crippen LogP) is 5.20. The normalized spacial score (nSPS) is 21.3. The summed E-state index contributed by atoms with van der Waals surface area (Å²) in [7, 11) is 0. The number of nitro benzene ring substituents is 1. The molecule has 0 fully saturated rings. The number of unbranched alkanes of at least 4 members (excludes halogenated alkanes) is 1. The van der Waals surface area contributed by atoms with E-state index < -0.39 is 5.72 Å². The molecule has 0 bridgehead atoms. The molecule has 2 aromatic rings. The van der Waals surface area contributed by atoms with Crippen molar-refractivity contribution in [3.63, 3.8) is 0 Å². The molecule has 2 aromatic carbocycles. The standard InChI is InChI=1S/C22H24N2O3S/c1-21(2)18-7-3-4-8-19(18)23(13-5-6-14-28)22(21)12-11-16-15-17(24(25)26)9-10-20(16)27-22/h3-4,7-12,15,28H,5-6,13-14H2,1-2H3/t22-/m1/s1. The molecule has 0 aromatic heterocycles. The van der Waals surface area contributed by atoms with Gasteiger partial charge in [-0.2, -0.15) is 12.6 Å². The lowest BCUT2D eigenvalue weighted by Crippen LogP contribution is -2.59. The van der Waals surface area contributed by atoms with Crippen molar-refractivity contribution in [1.29, 1.82) is 0 Å². The number of nitro groups is 1. The largest absolute Gasteiger partial charge is 0.463 e. The molecule has 0 saturated carbocycles. The Kier molecular flexibility index (Phi) is 4.62. The summed E-state index contributed by atoms with van der Waals surface area (Å²) in [6.45, 7) is 5.25. The lowest BCUT2D eigenvalue weighted by atomic mass is 9.76. The van der Waals surface area contributed by atoms with Crippen molar-refractivity contribution >= 4 is 30.1 Å². The maximum Gasteiger partial charge on any atom is 0.270 e. The van der Waals surface area contributed by atoms with Gasteiger partial charge < -0.3 is 9.64 Å². The van der Waals surface area contributed by atoms with Gasteiger partial charge in [-0.15, -0.1) is 0 Å². The SMILES string of the molecule is CC1(C)c2ccccc2N(CCCCS)[C@@]12C=Cc1cc([N+](=O)[O-])ccc1O2. The molecule has 1 spiro atoms. The molecule has 2 aliphatic rings. The highest BCUT2D eigenvalue weighted by Gasteiger charge is 2.58. The van der Waals surface area contributed by atoms with Crippen LogP contribution in [-0.4, -0.2) is 22.9 Å². The summed E-state index contributed by atoms with van der Waals surface area (Å²) in [4.78, 5) is 13.1. The van der Waals surface area contributed by atoms with Crippen molar-refractivity contribution in [3.8, 4) is 5.75 Å². The van der Waals surface area contributed by atoms with E-state index in [-0.39, 0.29) is 16.0 Å². The summed E-state index contributed by atoms with van der Waals surface area (Å²) in [6, 6.07) is 13.2. The van der Waals surface area contributed by atoms with Crippen LogP contribution in [0, 0.1) is 10.1 Å². The van der Waals surface area contributed by atoms with Crippen LogP contribution in [0.2, 0.25) is 0 Å². The molecule has 0 saturated heterocycles. The van der Waals surface area contributed by atoms with Gasteiger partial charge in [0, 0.05) is 29.9 Å². The van der Waals surface area contributed by atoms with Gasteiger partial charge in [-0.3, -0.25) is 10.1 Å². The summed E-state index contributed by atoms with van der Waals surface area (Å²) in [6.07, 6.45) is 6.08. The molecule has 146 valence electrons. The maximum atomic E-state index is 11.1. The smallest absolute Gasteiger partial charge is 0.270 e. The highest BCUT2D eigenvalue weighted by Crippen LogP contribution is 2.55. The first kappa shape index (κ1) is 18.9. The summed E-state index contributed by atoms with van der Waals surface area (Å²) < 4.78 is 6.65. The fraction of sp³-hybridized carbons (Fsp3) is 0.364. The Hall–Kier alpha value is -2.47. The van der Waals surface area contributed by atoms with Crippen LogP contribution < -0.4 is 9.64 Å². The van der Waals surface area contributed by atoms with Crippen molar-refractivity contribution in [2.24, 2.45) is 0 Å². The van der Waals surface area contributed by atoms with Gasteiger partial charge in [-0.05, 0) is 62.3 Å². The third-order valence-electron chi connectivity index (χ3n) is 5.91. The number of fused-ring (bicyclic) bond motifs is 2. The van der Waals surface area contributed by atoms with E-state index in [1.165, 1.54) is 17.3 Å². The monoisotopic (exact) mass is 396 g/mol. The van der Waals surface area contributed by atoms with E-state index in [9.17, 15) is 10.1 Å². The van der Waals surface area contributed by atoms with Crippen molar-refractivity contribution in [2.45, 2.75) is 37.8 Å². The molecule has 4 rings (SSSR count). The molecule has 2 heterocycles. The first-order chi connectivity index (χ1) is 13.4. The van der Waals surface area contributed by atoms with Crippen LogP contribution in [0.4, 0.5) is 11.4 Å². The summed E-state index contributed by atoms with van der Waals surface area (Å²) >= 11 is 4.35. The average molecular weight is 397 g/mol. The zero-order valence-corrected chi connectivity index (χ0v) is 17.0. The first-order valence-electron chi connectivity index (χ1n) is 9.55. The van der Waals surface area contributed by atoms with Crippen molar-refractivity contribution in [3.05, 3.63) is 69.8 Å². The highest BCUT2D eigenvalue weighted by molar-refractivity contribution is 7.80. The molecule has 0 aliphatic carbocycles. The van der Waals surface area contributed by atoms with Gasteiger partial charge in [0.05, 0.1) is 10.3 Å². The Morgan fingerprint density at radius 2 is 1.96 bits per heavy atom. The lowest BCUT2D eigenvalue weighted by Gasteiger charge is -2.47. The first-order valence-corrected chi connectivity index (χ1v) is 10.2. The Morgan fingerprint density at radius 1 is 1.18 bits per heavy atom. The van der Waals surface area contributed by atoms with E-state index in [0.29, 0.717) is 5.75 Å². The molecule has 0 N–H and O–H groups in total. The van der Waals surface area contributed by atoms with E-state index in [0.717, 1.165) is 30.7 Å². The zero-order chi connectivity index (χ0) is 19.9. The highest BCUT2D eigenvalue weighted by atomic mass is 32.1.